The summed E-state index contributed by atoms with van der Waals surface area (Å²) in [6, 6.07) is 0. The van der Waals surface area contributed by atoms with E-state index in [1.54, 1.807) is 0 Å². The molecule has 0 unspecified atom stereocenters. The standard InChI is InChI=1S/C6H7ClF6O/c7-2-1-3-14-4(5(8,9)10)6(11,12)13/h4H,1-3H2. The van der Waals surface area contributed by atoms with Crippen LogP contribution in [0, 0.1) is 0 Å². The molecule has 86 valence electrons. The van der Waals surface area contributed by atoms with Crippen LogP contribution >= 0.6 is 11.6 Å². The maximum atomic E-state index is 11.8. The van der Waals surface area contributed by atoms with Crippen LogP contribution in [-0.4, -0.2) is 30.9 Å². The first kappa shape index (κ1) is 13.8. The van der Waals surface area contributed by atoms with Crippen LogP contribution in [-0.2, 0) is 4.74 Å². The van der Waals surface area contributed by atoms with Gasteiger partial charge in [-0.3, -0.25) is 0 Å². The van der Waals surface area contributed by atoms with Crippen molar-refractivity contribution in [2.24, 2.45) is 0 Å². The van der Waals surface area contributed by atoms with Gasteiger partial charge in [-0.05, 0) is 6.42 Å². The highest BCUT2D eigenvalue weighted by molar-refractivity contribution is 6.17. The second-order valence-corrected chi connectivity index (χ2v) is 2.75. The van der Waals surface area contributed by atoms with Crippen LogP contribution in [0.3, 0.4) is 0 Å². The molecular formula is C6H7ClF6O. The van der Waals surface area contributed by atoms with Crippen LogP contribution in [0.15, 0.2) is 0 Å². The molecule has 0 aromatic rings. The van der Waals surface area contributed by atoms with Crippen LogP contribution in [0.4, 0.5) is 26.3 Å². The molecule has 0 aromatic heterocycles. The monoisotopic (exact) mass is 244 g/mol. The Morgan fingerprint density at radius 2 is 1.43 bits per heavy atom. The van der Waals surface area contributed by atoms with Gasteiger partial charge in [0.15, 0.2) is 0 Å². The molecule has 0 radical (unpaired) electrons. The second kappa shape index (κ2) is 5.06. The van der Waals surface area contributed by atoms with Gasteiger partial charge in [0.05, 0.1) is 0 Å². The predicted molar refractivity (Wildman–Crippen MR) is 37.2 cm³/mol. The molecule has 0 heterocycles. The van der Waals surface area contributed by atoms with Crippen molar-refractivity contribution in [3.8, 4) is 0 Å². The first-order valence-electron chi connectivity index (χ1n) is 3.50. The van der Waals surface area contributed by atoms with E-state index in [4.69, 9.17) is 11.6 Å². The molecule has 0 atom stereocenters. The predicted octanol–water partition coefficient (Wildman–Crippen LogP) is 3.13. The fourth-order valence-electron chi connectivity index (χ4n) is 0.630. The molecule has 0 aliphatic heterocycles. The van der Waals surface area contributed by atoms with Crippen LogP contribution in [0.1, 0.15) is 6.42 Å². The van der Waals surface area contributed by atoms with E-state index in [9.17, 15) is 26.3 Å². The lowest BCUT2D eigenvalue weighted by Gasteiger charge is -2.22. The highest BCUT2D eigenvalue weighted by Crippen LogP contribution is 2.35. The van der Waals surface area contributed by atoms with E-state index in [0.717, 1.165) is 0 Å². The summed E-state index contributed by atoms with van der Waals surface area (Å²) in [7, 11) is 0. The Labute approximate surface area is 81.0 Å². The Morgan fingerprint density at radius 3 is 1.71 bits per heavy atom. The van der Waals surface area contributed by atoms with Crippen molar-refractivity contribution >= 4 is 11.6 Å². The van der Waals surface area contributed by atoms with Crippen LogP contribution < -0.4 is 0 Å². The lowest BCUT2D eigenvalue weighted by molar-refractivity contribution is -0.321. The fourth-order valence-corrected chi connectivity index (χ4v) is 0.739. The zero-order valence-corrected chi connectivity index (χ0v) is 7.51. The smallest absolute Gasteiger partial charge is 0.361 e. The molecule has 8 heteroatoms. The quantitative estimate of drug-likeness (QED) is 0.419. The molecule has 0 rings (SSSR count). The van der Waals surface area contributed by atoms with Gasteiger partial charge in [-0.15, -0.1) is 11.6 Å². The summed E-state index contributed by atoms with van der Waals surface area (Å²) in [6.07, 6.45) is -14.7. The molecule has 0 saturated heterocycles. The molecule has 0 aromatic carbocycles. The molecule has 0 aliphatic carbocycles. The second-order valence-electron chi connectivity index (χ2n) is 2.38. The first-order chi connectivity index (χ1) is 6.19. The molecule has 0 amide bonds. The molecule has 14 heavy (non-hydrogen) atoms. The third-order valence-electron chi connectivity index (χ3n) is 1.16. The van der Waals surface area contributed by atoms with Crippen LogP contribution in [0.2, 0.25) is 0 Å². The molecule has 0 aliphatic rings. The average molecular weight is 245 g/mol. The Kier molecular flexibility index (Phi) is 5.00. The molecule has 0 spiro atoms. The maximum absolute atomic E-state index is 11.8. The van der Waals surface area contributed by atoms with Gasteiger partial charge in [0.2, 0.25) is 6.10 Å². The SMILES string of the molecule is FC(F)(F)C(OCCCCl)C(F)(F)F. The van der Waals surface area contributed by atoms with E-state index >= 15 is 0 Å². The summed E-state index contributed by atoms with van der Waals surface area (Å²) in [6.45, 7) is -0.673. The highest BCUT2D eigenvalue weighted by Gasteiger charge is 2.57. The summed E-state index contributed by atoms with van der Waals surface area (Å²) >= 11 is 5.07. The van der Waals surface area contributed by atoms with Crippen molar-refractivity contribution in [2.45, 2.75) is 24.9 Å². The van der Waals surface area contributed by atoms with Gasteiger partial charge < -0.3 is 4.74 Å². The van der Waals surface area contributed by atoms with Crippen molar-refractivity contribution in [1.29, 1.82) is 0 Å². The topological polar surface area (TPSA) is 9.23 Å². The number of halogens is 7. The summed E-state index contributed by atoms with van der Waals surface area (Å²) in [5.74, 6) is -0.0531. The number of rotatable bonds is 4. The third kappa shape index (κ3) is 4.90. The van der Waals surface area contributed by atoms with E-state index < -0.39 is 25.1 Å². The Bertz CT molecular complexity index is 151. The van der Waals surface area contributed by atoms with E-state index in [1.165, 1.54) is 0 Å². The van der Waals surface area contributed by atoms with Crippen molar-refractivity contribution in [1.82, 2.24) is 0 Å². The first-order valence-corrected chi connectivity index (χ1v) is 4.04. The normalized spacial score (nSPS) is 13.7. The van der Waals surface area contributed by atoms with Gasteiger partial charge in [-0.1, -0.05) is 0 Å². The minimum Gasteiger partial charge on any atom is -0.361 e. The van der Waals surface area contributed by atoms with Crippen molar-refractivity contribution in [2.75, 3.05) is 12.5 Å². The Morgan fingerprint density at radius 1 is 1.00 bits per heavy atom. The number of hydrogen-bond donors (Lipinski definition) is 0. The van der Waals surface area contributed by atoms with Gasteiger partial charge in [0, 0.05) is 12.5 Å². The Balaban J connectivity index is 4.28. The molecule has 0 N–H and O–H groups in total. The van der Waals surface area contributed by atoms with Gasteiger partial charge in [-0.25, -0.2) is 0 Å². The highest BCUT2D eigenvalue weighted by atomic mass is 35.5. The van der Waals surface area contributed by atoms with Crippen molar-refractivity contribution in [3.63, 3.8) is 0 Å². The summed E-state index contributed by atoms with van der Waals surface area (Å²) in [5, 5.41) is 0. The minimum absolute atomic E-state index is 0.0531. The van der Waals surface area contributed by atoms with Crippen molar-refractivity contribution in [3.05, 3.63) is 0 Å². The largest absolute Gasteiger partial charge is 0.423 e. The van der Waals surface area contributed by atoms with Crippen LogP contribution in [0.25, 0.3) is 0 Å². The maximum Gasteiger partial charge on any atom is 0.423 e. The lowest BCUT2D eigenvalue weighted by atomic mass is 10.3. The minimum atomic E-state index is -5.44. The summed E-state index contributed by atoms with van der Waals surface area (Å²) in [4.78, 5) is 0. The van der Waals surface area contributed by atoms with Crippen LogP contribution in [0.5, 0.6) is 0 Å². The van der Waals surface area contributed by atoms with Crippen molar-refractivity contribution < 1.29 is 31.1 Å². The van der Waals surface area contributed by atoms with Gasteiger partial charge in [-0.2, -0.15) is 26.3 Å². The van der Waals surface area contributed by atoms with Gasteiger partial charge >= 0.3 is 12.4 Å². The molecule has 1 nitrogen and oxygen atoms in total. The molecule has 0 saturated carbocycles. The van der Waals surface area contributed by atoms with E-state index in [-0.39, 0.29) is 12.3 Å². The third-order valence-corrected chi connectivity index (χ3v) is 1.42. The van der Waals surface area contributed by atoms with Gasteiger partial charge in [0.1, 0.15) is 0 Å². The lowest BCUT2D eigenvalue weighted by Crippen LogP contribution is -2.44. The number of alkyl halides is 7. The zero-order valence-electron chi connectivity index (χ0n) is 6.75. The zero-order chi connectivity index (χ0) is 11.4. The number of ether oxygens (including phenoxy) is 1. The molecular weight excluding hydrogens is 238 g/mol. The van der Waals surface area contributed by atoms with Gasteiger partial charge in [0.25, 0.3) is 0 Å². The molecule has 0 bridgehead atoms. The summed E-state index contributed by atoms with van der Waals surface area (Å²) < 4.78 is 74.3. The summed E-state index contributed by atoms with van der Waals surface area (Å²) in [5.41, 5.74) is 0. The number of hydrogen-bond acceptors (Lipinski definition) is 1. The molecule has 0 fully saturated rings. The fraction of sp³-hybridized carbons (Fsp3) is 1.00. The van der Waals surface area contributed by atoms with E-state index in [2.05, 4.69) is 4.74 Å². The average Bonchev–Trinajstić information content (AvgIpc) is 1.92. The van der Waals surface area contributed by atoms with E-state index in [0.29, 0.717) is 0 Å². The van der Waals surface area contributed by atoms with E-state index in [1.807, 2.05) is 0 Å². The Hall–Kier alpha value is -0.170.